The molecule has 7 heteroatoms. The first-order valence-corrected chi connectivity index (χ1v) is 9.85. The zero-order valence-corrected chi connectivity index (χ0v) is 16.3. The summed E-state index contributed by atoms with van der Waals surface area (Å²) in [5.41, 5.74) is 2.82. The SMILES string of the molecule is CNc1snc(C)c1C(=O)NCCN1CCN(Cc2ccccc2)CC1. The van der Waals surface area contributed by atoms with Crippen LogP contribution < -0.4 is 10.6 Å². The first-order chi connectivity index (χ1) is 12.7. The Balaban J connectivity index is 1.39. The second-order valence-corrected chi connectivity index (χ2v) is 7.35. The molecular formula is C19H27N5OS. The molecule has 1 amide bonds. The molecule has 0 saturated carbocycles. The smallest absolute Gasteiger partial charge is 0.256 e. The summed E-state index contributed by atoms with van der Waals surface area (Å²) >= 11 is 1.33. The minimum atomic E-state index is -0.0386. The highest BCUT2D eigenvalue weighted by Crippen LogP contribution is 2.23. The van der Waals surface area contributed by atoms with Gasteiger partial charge in [0.05, 0.1) is 11.3 Å². The molecule has 1 aliphatic rings. The number of hydrogen-bond acceptors (Lipinski definition) is 6. The minimum Gasteiger partial charge on any atom is -0.378 e. The highest BCUT2D eigenvalue weighted by atomic mass is 32.1. The molecule has 0 bridgehead atoms. The number of hydrogen-bond donors (Lipinski definition) is 2. The second kappa shape index (κ2) is 9.12. The zero-order valence-electron chi connectivity index (χ0n) is 15.5. The quantitative estimate of drug-likeness (QED) is 0.778. The molecule has 0 aliphatic carbocycles. The van der Waals surface area contributed by atoms with Gasteiger partial charge in [-0.05, 0) is 24.0 Å². The Kier molecular flexibility index (Phi) is 6.60. The van der Waals surface area contributed by atoms with Crippen LogP contribution in [0.15, 0.2) is 30.3 Å². The summed E-state index contributed by atoms with van der Waals surface area (Å²) in [7, 11) is 1.82. The summed E-state index contributed by atoms with van der Waals surface area (Å²) in [5, 5.41) is 6.90. The lowest BCUT2D eigenvalue weighted by Gasteiger charge is -2.34. The van der Waals surface area contributed by atoms with Crippen molar-refractivity contribution in [3.8, 4) is 0 Å². The van der Waals surface area contributed by atoms with Crippen LogP contribution in [0.2, 0.25) is 0 Å². The van der Waals surface area contributed by atoms with Gasteiger partial charge in [0.25, 0.3) is 5.91 Å². The predicted molar refractivity (Wildman–Crippen MR) is 107 cm³/mol. The van der Waals surface area contributed by atoms with Crippen LogP contribution in [-0.2, 0) is 6.54 Å². The topological polar surface area (TPSA) is 60.5 Å². The van der Waals surface area contributed by atoms with E-state index in [-0.39, 0.29) is 5.91 Å². The van der Waals surface area contributed by atoms with Crippen molar-refractivity contribution in [1.29, 1.82) is 0 Å². The van der Waals surface area contributed by atoms with Gasteiger partial charge >= 0.3 is 0 Å². The van der Waals surface area contributed by atoms with Crippen molar-refractivity contribution in [3.63, 3.8) is 0 Å². The van der Waals surface area contributed by atoms with Crippen LogP contribution in [0.25, 0.3) is 0 Å². The van der Waals surface area contributed by atoms with E-state index in [1.807, 2.05) is 14.0 Å². The van der Waals surface area contributed by atoms with Crippen LogP contribution in [-0.4, -0.2) is 66.4 Å². The van der Waals surface area contributed by atoms with Crippen molar-refractivity contribution in [1.82, 2.24) is 19.5 Å². The Labute approximate surface area is 159 Å². The van der Waals surface area contributed by atoms with E-state index >= 15 is 0 Å². The van der Waals surface area contributed by atoms with Crippen molar-refractivity contribution < 1.29 is 4.79 Å². The van der Waals surface area contributed by atoms with Crippen molar-refractivity contribution in [2.45, 2.75) is 13.5 Å². The number of aromatic nitrogens is 1. The van der Waals surface area contributed by atoms with Gasteiger partial charge in [-0.3, -0.25) is 14.6 Å². The number of amides is 1. The van der Waals surface area contributed by atoms with E-state index in [9.17, 15) is 4.79 Å². The average molecular weight is 374 g/mol. The van der Waals surface area contributed by atoms with E-state index in [2.05, 4.69) is 55.1 Å². The molecule has 0 unspecified atom stereocenters. The third-order valence-corrected chi connectivity index (χ3v) is 5.70. The molecule has 1 saturated heterocycles. The summed E-state index contributed by atoms with van der Waals surface area (Å²) in [5.74, 6) is -0.0386. The Morgan fingerprint density at radius 2 is 1.85 bits per heavy atom. The third kappa shape index (κ3) is 4.81. The average Bonchev–Trinajstić information content (AvgIpc) is 3.04. The monoisotopic (exact) mass is 373 g/mol. The second-order valence-electron chi connectivity index (χ2n) is 6.58. The highest BCUT2D eigenvalue weighted by molar-refractivity contribution is 7.10. The van der Waals surface area contributed by atoms with E-state index < -0.39 is 0 Å². The van der Waals surface area contributed by atoms with E-state index in [0.29, 0.717) is 12.1 Å². The first kappa shape index (κ1) is 18.8. The molecule has 3 rings (SSSR count). The number of piperazine rings is 1. The van der Waals surface area contributed by atoms with Gasteiger partial charge in [0.1, 0.15) is 5.00 Å². The molecule has 26 heavy (non-hydrogen) atoms. The molecule has 1 aliphatic heterocycles. The lowest BCUT2D eigenvalue weighted by Crippen LogP contribution is -2.48. The number of anilines is 1. The summed E-state index contributed by atoms with van der Waals surface area (Å²) in [4.78, 5) is 17.3. The van der Waals surface area contributed by atoms with Crippen LogP contribution in [0.1, 0.15) is 21.6 Å². The molecule has 2 N–H and O–H groups in total. The maximum absolute atomic E-state index is 12.4. The fourth-order valence-corrected chi connectivity index (χ4v) is 3.98. The fourth-order valence-electron chi connectivity index (χ4n) is 3.24. The highest BCUT2D eigenvalue weighted by Gasteiger charge is 2.19. The molecule has 2 aromatic rings. The van der Waals surface area contributed by atoms with Crippen LogP contribution in [0.4, 0.5) is 5.00 Å². The van der Waals surface area contributed by atoms with Crippen molar-refractivity contribution in [2.24, 2.45) is 0 Å². The minimum absolute atomic E-state index is 0.0386. The molecular weight excluding hydrogens is 346 g/mol. The van der Waals surface area contributed by atoms with Gasteiger partial charge in [-0.25, -0.2) is 0 Å². The largest absolute Gasteiger partial charge is 0.378 e. The molecule has 1 aromatic carbocycles. The van der Waals surface area contributed by atoms with Gasteiger partial charge in [-0.15, -0.1) is 0 Å². The molecule has 0 radical (unpaired) electrons. The normalized spacial score (nSPS) is 15.8. The molecule has 1 aromatic heterocycles. The number of aryl methyl sites for hydroxylation is 1. The fraction of sp³-hybridized carbons (Fsp3) is 0.474. The standard InChI is InChI=1S/C19H27N5OS/c1-15-17(19(20-2)26-22-15)18(25)21-8-9-23-10-12-24(13-11-23)14-16-6-4-3-5-7-16/h3-7,20H,8-14H2,1-2H3,(H,21,25). The summed E-state index contributed by atoms with van der Waals surface area (Å²) in [6.07, 6.45) is 0. The van der Waals surface area contributed by atoms with E-state index in [4.69, 9.17) is 0 Å². The summed E-state index contributed by atoms with van der Waals surface area (Å²) in [6.45, 7) is 8.67. The van der Waals surface area contributed by atoms with Gasteiger partial charge in [-0.1, -0.05) is 30.3 Å². The van der Waals surface area contributed by atoms with Crippen LogP contribution in [0.3, 0.4) is 0 Å². The van der Waals surface area contributed by atoms with Crippen molar-refractivity contribution in [3.05, 3.63) is 47.2 Å². The number of nitrogens with zero attached hydrogens (tertiary/aromatic N) is 3. The molecule has 2 heterocycles. The van der Waals surface area contributed by atoms with E-state index in [0.717, 1.165) is 50.0 Å². The number of carbonyl (C=O) groups excluding carboxylic acids is 1. The lowest BCUT2D eigenvalue weighted by atomic mass is 10.2. The van der Waals surface area contributed by atoms with Crippen LogP contribution >= 0.6 is 11.5 Å². The maximum atomic E-state index is 12.4. The first-order valence-electron chi connectivity index (χ1n) is 9.08. The van der Waals surface area contributed by atoms with Crippen LogP contribution in [0, 0.1) is 6.92 Å². The predicted octanol–water partition coefficient (Wildman–Crippen LogP) is 2.04. The Bertz CT molecular complexity index is 710. The number of rotatable bonds is 7. The van der Waals surface area contributed by atoms with Gasteiger partial charge in [0.2, 0.25) is 0 Å². The zero-order chi connectivity index (χ0) is 18.4. The van der Waals surface area contributed by atoms with E-state index in [1.54, 1.807) is 0 Å². The number of carbonyl (C=O) groups is 1. The summed E-state index contributed by atoms with van der Waals surface area (Å²) in [6, 6.07) is 10.6. The third-order valence-electron chi connectivity index (χ3n) is 4.74. The molecule has 0 spiro atoms. The van der Waals surface area contributed by atoms with E-state index in [1.165, 1.54) is 17.1 Å². The van der Waals surface area contributed by atoms with Gasteiger partial charge < -0.3 is 10.6 Å². The Morgan fingerprint density at radius 1 is 1.15 bits per heavy atom. The molecule has 140 valence electrons. The molecule has 1 fully saturated rings. The van der Waals surface area contributed by atoms with Gasteiger partial charge in [-0.2, -0.15) is 4.37 Å². The molecule has 0 atom stereocenters. The van der Waals surface area contributed by atoms with Crippen LogP contribution in [0.5, 0.6) is 0 Å². The molecule has 6 nitrogen and oxygen atoms in total. The van der Waals surface area contributed by atoms with Crippen molar-refractivity contribution in [2.75, 3.05) is 51.6 Å². The van der Waals surface area contributed by atoms with Gasteiger partial charge in [0.15, 0.2) is 0 Å². The summed E-state index contributed by atoms with van der Waals surface area (Å²) < 4.78 is 4.25. The number of nitrogens with one attached hydrogen (secondary N) is 2. The number of benzene rings is 1. The van der Waals surface area contributed by atoms with Gasteiger partial charge in [0, 0.05) is 52.9 Å². The maximum Gasteiger partial charge on any atom is 0.256 e. The Hall–Kier alpha value is -1.96. The lowest BCUT2D eigenvalue weighted by molar-refractivity contribution is 0.0934. The van der Waals surface area contributed by atoms with Crippen molar-refractivity contribution >= 4 is 22.4 Å². The Morgan fingerprint density at radius 3 is 2.54 bits per heavy atom.